The lowest BCUT2D eigenvalue weighted by Gasteiger charge is -2.05. The lowest BCUT2D eigenvalue weighted by Crippen LogP contribution is -2.23. The Balaban J connectivity index is 1.76. The number of aromatic nitrogens is 3. The van der Waals surface area contributed by atoms with E-state index in [0.29, 0.717) is 12.2 Å². The maximum Gasteiger partial charge on any atom is 0.273 e. The maximum absolute atomic E-state index is 12.4. The van der Waals surface area contributed by atoms with Gasteiger partial charge in [-0.25, -0.2) is 0 Å². The number of halogens is 1. The third-order valence-electron chi connectivity index (χ3n) is 4.35. The monoisotopic (exact) mass is 388 g/mol. The van der Waals surface area contributed by atoms with Gasteiger partial charge < -0.3 is 10.3 Å². The van der Waals surface area contributed by atoms with E-state index in [9.17, 15) is 4.79 Å². The quantitative estimate of drug-likeness (QED) is 0.622. The zero-order valence-corrected chi connectivity index (χ0v) is 15.8. The summed E-state index contributed by atoms with van der Waals surface area (Å²) >= 11 is 3.46. The number of carbonyl (C=O) groups excluding carboxylic acids is 1. The molecule has 5 nitrogen and oxygen atoms in total. The minimum atomic E-state index is -0.188. The highest BCUT2D eigenvalue weighted by atomic mass is 79.9. The molecule has 3 rings (SSSR count). The van der Waals surface area contributed by atoms with Crippen molar-refractivity contribution in [2.75, 3.05) is 0 Å². The van der Waals surface area contributed by atoms with Crippen LogP contribution in [-0.2, 0) is 6.54 Å². The fourth-order valence-corrected chi connectivity index (χ4v) is 3.57. The van der Waals surface area contributed by atoms with Gasteiger partial charge >= 0.3 is 0 Å². The van der Waals surface area contributed by atoms with E-state index in [0.717, 1.165) is 21.2 Å². The van der Waals surface area contributed by atoms with Crippen molar-refractivity contribution >= 4 is 32.7 Å². The molecule has 126 valence electrons. The van der Waals surface area contributed by atoms with Crippen molar-refractivity contribution in [1.29, 1.82) is 0 Å². The van der Waals surface area contributed by atoms with Crippen LogP contribution >= 0.6 is 15.9 Å². The number of amides is 1. The van der Waals surface area contributed by atoms with Crippen molar-refractivity contribution in [3.8, 4) is 0 Å². The molecule has 0 spiro atoms. The first-order valence-electron chi connectivity index (χ1n) is 7.98. The number of aryl methyl sites for hydroxylation is 2. The number of hydrogen-bond acceptors (Lipinski definition) is 2. The maximum atomic E-state index is 12.4. The van der Waals surface area contributed by atoms with Crippen LogP contribution in [0.2, 0.25) is 0 Å². The second-order valence-electron chi connectivity index (χ2n) is 6.39. The minimum Gasteiger partial charge on any atom is -0.358 e. The second-order valence-corrected chi connectivity index (χ2v) is 7.19. The first-order valence-corrected chi connectivity index (χ1v) is 8.77. The van der Waals surface area contributed by atoms with Gasteiger partial charge in [-0.3, -0.25) is 9.89 Å². The Hall–Kier alpha value is -2.08. The van der Waals surface area contributed by atoms with Gasteiger partial charge in [0.2, 0.25) is 0 Å². The van der Waals surface area contributed by atoms with Crippen LogP contribution in [0.3, 0.4) is 0 Å². The number of fused-ring (bicyclic) bond motifs is 1. The highest BCUT2D eigenvalue weighted by Gasteiger charge is 2.19. The average molecular weight is 389 g/mol. The molecule has 0 atom stereocenters. The van der Waals surface area contributed by atoms with Crippen LogP contribution in [0, 0.1) is 13.8 Å². The summed E-state index contributed by atoms with van der Waals surface area (Å²) in [4.78, 5) is 15.7. The number of carbonyl (C=O) groups is 1. The summed E-state index contributed by atoms with van der Waals surface area (Å²) < 4.78 is 0.738. The molecule has 3 N–H and O–H groups in total. The number of aromatic amines is 2. The van der Waals surface area contributed by atoms with Crippen LogP contribution in [0.4, 0.5) is 0 Å². The second kappa shape index (κ2) is 6.43. The van der Waals surface area contributed by atoms with Crippen molar-refractivity contribution in [3.05, 3.63) is 50.9 Å². The fraction of sp³-hybridized carbons (Fsp3) is 0.333. The van der Waals surface area contributed by atoms with E-state index in [1.54, 1.807) is 0 Å². The molecule has 0 aliphatic rings. The molecule has 6 heteroatoms. The Morgan fingerprint density at radius 1 is 1.33 bits per heavy atom. The van der Waals surface area contributed by atoms with Crippen LogP contribution in [0.15, 0.2) is 22.7 Å². The lowest BCUT2D eigenvalue weighted by atomic mass is 10.1. The summed E-state index contributed by atoms with van der Waals surface area (Å²) in [6, 6.07) is 6.20. The fourth-order valence-electron chi connectivity index (χ4n) is 2.76. The summed E-state index contributed by atoms with van der Waals surface area (Å²) in [5.41, 5.74) is 5.93. The van der Waals surface area contributed by atoms with E-state index in [2.05, 4.69) is 76.3 Å². The Morgan fingerprint density at radius 3 is 2.75 bits per heavy atom. The third-order valence-corrected chi connectivity index (χ3v) is 5.15. The normalized spacial score (nSPS) is 11.4. The molecule has 3 aromatic rings. The van der Waals surface area contributed by atoms with E-state index in [1.807, 2.05) is 6.07 Å². The van der Waals surface area contributed by atoms with E-state index < -0.39 is 0 Å². The number of nitrogens with zero attached hydrogens (tertiary/aromatic N) is 1. The zero-order valence-electron chi connectivity index (χ0n) is 14.2. The van der Waals surface area contributed by atoms with Gasteiger partial charge in [-0.2, -0.15) is 5.10 Å². The van der Waals surface area contributed by atoms with Gasteiger partial charge in [0.25, 0.3) is 5.91 Å². The van der Waals surface area contributed by atoms with Crippen molar-refractivity contribution in [3.63, 3.8) is 0 Å². The lowest BCUT2D eigenvalue weighted by molar-refractivity contribution is 0.0945. The molecule has 2 heterocycles. The molecule has 24 heavy (non-hydrogen) atoms. The Bertz CT molecular complexity index is 907. The van der Waals surface area contributed by atoms with Crippen LogP contribution in [0.5, 0.6) is 0 Å². The van der Waals surface area contributed by atoms with Gasteiger partial charge in [-0.05, 0) is 59.0 Å². The van der Waals surface area contributed by atoms with Crippen LogP contribution in [-0.4, -0.2) is 21.1 Å². The third kappa shape index (κ3) is 2.98. The first-order chi connectivity index (χ1) is 11.4. The highest BCUT2D eigenvalue weighted by molar-refractivity contribution is 9.10. The molecule has 0 fully saturated rings. The predicted octanol–water partition coefficient (Wildman–Crippen LogP) is 4.32. The number of H-pyrrole nitrogens is 2. The zero-order chi connectivity index (χ0) is 17.4. The number of nitrogens with one attached hydrogen (secondary N) is 3. The molecule has 0 saturated heterocycles. The molecular formula is C18H21BrN4O. The molecular weight excluding hydrogens is 368 g/mol. The van der Waals surface area contributed by atoms with Crippen molar-refractivity contribution < 1.29 is 4.79 Å². The first kappa shape index (κ1) is 16.8. The van der Waals surface area contributed by atoms with Gasteiger partial charge in [0, 0.05) is 23.1 Å². The molecule has 0 aliphatic carbocycles. The van der Waals surface area contributed by atoms with Crippen molar-refractivity contribution in [2.24, 2.45) is 0 Å². The number of rotatable bonds is 4. The van der Waals surface area contributed by atoms with E-state index in [-0.39, 0.29) is 11.8 Å². The summed E-state index contributed by atoms with van der Waals surface area (Å²) in [5.74, 6) is 0.0859. The number of benzene rings is 1. The van der Waals surface area contributed by atoms with Crippen molar-refractivity contribution in [2.45, 2.75) is 40.2 Å². The highest BCUT2D eigenvalue weighted by Crippen LogP contribution is 2.26. The Labute approximate surface area is 149 Å². The summed E-state index contributed by atoms with van der Waals surface area (Å²) in [6.07, 6.45) is 0. The van der Waals surface area contributed by atoms with Gasteiger partial charge in [0.1, 0.15) is 0 Å². The SMILES string of the molecule is Cc1[nH]c2ccc(CNC(=O)c3n[nH]c(C(C)C)c3Br)cc2c1C. The predicted molar refractivity (Wildman–Crippen MR) is 99.3 cm³/mol. The largest absolute Gasteiger partial charge is 0.358 e. The summed E-state index contributed by atoms with van der Waals surface area (Å²) in [6.45, 7) is 8.74. The molecule has 1 amide bonds. The van der Waals surface area contributed by atoms with E-state index >= 15 is 0 Å². The molecule has 0 bridgehead atoms. The average Bonchev–Trinajstić information content (AvgIpc) is 3.06. The topological polar surface area (TPSA) is 73.6 Å². The molecule has 0 unspecified atom stereocenters. The molecule has 0 saturated carbocycles. The summed E-state index contributed by atoms with van der Waals surface area (Å²) in [5, 5.41) is 11.2. The van der Waals surface area contributed by atoms with Crippen molar-refractivity contribution in [1.82, 2.24) is 20.5 Å². The van der Waals surface area contributed by atoms with Crippen LogP contribution in [0.1, 0.15) is 52.8 Å². The molecule has 0 aliphatic heterocycles. The van der Waals surface area contributed by atoms with E-state index in [1.165, 1.54) is 16.6 Å². The number of hydrogen-bond donors (Lipinski definition) is 3. The van der Waals surface area contributed by atoms with Crippen LogP contribution in [0.25, 0.3) is 10.9 Å². The van der Waals surface area contributed by atoms with Crippen LogP contribution < -0.4 is 5.32 Å². The minimum absolute atomic E-state index is 0.188. The molecule has 1 aromatic carbocycles. The smallest absolute Gasteiger partial charge is 0.273 e. The molecule has 2 aromatic heterocycles. The standard InChI is InChI=1S/C18H21BrN4O/c1-9(2)16-15(19)17(23-22-16)18(24)20-8-12-5-6-14-13(7-12)10(3)11(4)21-14/h5-7,9,21H,8H2,1-4H3,(H,20,24)(H,22,23). The Morgan fingerprint density at radius 2 is 2.08 bits per heavy atom. The van der Waals surface area contributed by atoms with Gasteiger partial charge in [0.05, 0.1) is 10.2 Å². The Kier molecular flexibility index (Phi) is 4.49. The van der Waals surface area contributed by atoms with Gasteiger partial charge in [0.15, 0.2) is 5.69 Å². The van der Waals surface area contributed by atoms with E-state index in [4.69, 9.17) is 0 Å². The summed E-state index contributed by atoms with van der Waals surface area (Å²) in [7, 11) is 0. The van der Waals surface area contributed by atoms with Gasteiger partial charge in [-0.15, -0.1) is 0 Å². The molecule has 0 radical (unpaired) electrons. The van der Waals surface area contributed by atoms with Gasteiger partial charge in [-0.1, -0.05) is 19.9 Å².